The Bertz CT molecular complexity index is 863. The molecule has 0 radical (unpaired) electrons. The smallest absolute Gasteiger partial charge is 0.225 e. The van der Waals surface area contributed by atoms with Gasteiger partial charge >= 0.3 is 0 Å². The number of hydrogen-bond acceptors (Lipinski definition) is 4. The van der Waals surface area contributed by atoms with E-state index in [1.807, 2.05) is 6.92 Å². The number of hydrogen-bond donors (Lipinski definition) is 1. The van der Waals surface area contributed by atoms with E-state index >= 15 is 0 Å². The summed E-state index contributed by atoms with van der Waals surface area (Å²) in [5, 5.41) is 3.42. The van der Waals surface area contributed by atoms with Crippen molar-refractivity contribution in [2.45, 2.75) is 24.3 Å². The lowest BCUT2D eigenvalue weighted by Crippen LogP contribution is -2.28. The molecule has 0 saturated carbocycles. The Hall–Kier alpha value is -2.05. The van der Waals surface area contributed by atoms with Gasteiger partial charge in [-0.25, -0.2) is 8.42 Å². The Morgan fingerprint density at radius 3 is 2.40 bits per heavy atom. The zero-order valence-corrected chi connectivity index (χ0v) is 15.8. The van der Waals surface area contributed by atoms with Gasteiger partial charge in [0.05, 0.1) is 24.5 Å². The predicted octanol–water partition coefficient (Wildman–Crippen LogP) is 3.17. The van der Waals surface area contributed by atoms with Gasteiger partial charge in [0.1, 0.15) is 5.75 Å². The quantitative estimate of drug-likeness (QED) is 0.834. The zero-order chi connectivity index (χ0) is 18.6. The van der Waals surface area contributed by atoms with E-state index in [1.54, 1.807) is 30.3 Å². The third-order valence-electron chi connectivity index (χ3n) is 3.78. The van der Waals surface area contributed by atoms with Crippen molar-refractivity contribution in [2.75, 3.05) is 13.4 Å². The van der Waals surface area contributed by atoms with Crippen molar-refractivity contribution in [1.82, 2.24) is 5.32 Å². The Kier molecular flexibility index (Phi) is 6.08. The Morgan fingerprint density at radius 1 is 1.20 bits per heavy atom. The first-order valence-electron chi connectivity index (χ1n) is 7.62. The molecule has 0 bridgehead atoms. The molecule has 7 heteroatoms. The summed E-state index contributed by atoms with van der Waals surface area (Å²) >= 11 is 5.97. The maximum atomic E-state index is 12.3. The monoisotopic (exact) mass is 381 g/mol. The van der Waals surface area contributed by atoms with Crippen LogP contribution in [0.5, 0.6) is 5.75 Å². The van der Waals surface area contributed by atoms with Crippen LogP contribution in [0.25, 0.3) is 0 Å². The second-order valence-electron chi connectivity index (χ2n) is 5.76. The van der Waals surface area contributed by atoms with Crippen LogP contribution in [-0.2, 0) is 21.1 Å². The fraction of sp³-hybridized carbons (Fsp3) is 0.278. The van der Waals surface area contributed by atoms with Gasteiger partial charge in [0.25, 0.3) is 0 Å². The number of carbonyl (C=O) groups is 1. The first-order valence-corrected chi connectivity index (χ1v) is 9.89. The van der Waals surface area contributed by atoms with Gasteiger partial charge in [0, 0.05) is 16.8 Å². The molecule has 2 aromatic carbocycles. The first-order chi connectivity index (χ1) is 11.7. The van der Waals surface area contributed by atoms with Crippen LogP contribution in [0.3, 0.4) is 0 Å². The fourth-order valence-electron chi connectivity index (χ4n) is 2.44. The number of rotatable bonds is 6. The number of ether oxygens (including phenoxy) is 1. The second-order valence-corrected chi connectivity index (χ2v) is 8.22. The second kappa shape index (κ2) is 7.89. The molecule has 5 nitrogen and oxygen atoms in total. The minimum atomic E-state index is -3.23. The molecule has 1 amide bonds. The normalized spacial score (nSPS) is 12.5. The largest absolute Gasteiger partial charge is 0.496 e. The van der Waals surface area contributed by atoms with Crippen LogP contribution in [-0.4, -0.2) is 27.7 Å². The van der Waals surface area contributed by atoms with E-state index in [9.17, 15) is 13.2 Å². The zero-order valence-electron chi connectivity index (χ0n) is 14.2. The van der Waals surface area contributed by atoms with Crippen LogP contribution in [0.1, 0.15) is 24.1 Å². The van der Waals surface area contributed by atoms with Gasteiger partial charge in [-0.1, -0.05) is 23.7 Å². The summed E-state index contributed by atoms with van der Waals surface area (Å²) in [7, 11) is -1.70. The van der Waals surface area contributed by atoms with Crippen molar-refractivity contribution < 1.29 is 17.9 Å². The van der Waals surface area contributed by atoms with Crippen LogP contribution < -0.4 is 10.1 Å². The van der Waals surface area contributed by atoms with E-state index < -0.39 is 9.84 Å². The van der Waals surface area contributed by atoms with E-state index in [2.05, 4.69) is 5.32 Å². The number of nitrogens with one attached hydrogen (secondary N) is 1. The highest BCUT2D eigenvalue weighted by molar-refractivity contribution is 7.90. The maximum Gasteiger partial charge on any atom is 0.225 e. The third kappa shape index (κ3) is 5.21. The van der Waals surface area contributed by atoms with Gasteiger partial charge in [0.2, 0.25) is 5.91 Å². The molecule has 1 atom stereocenters. The molecule has 0 heterocycles. The van der Waals surface area contributed by atoms with Crippen LogP contribution in [0.2, 0.25) is 5.02 Å². The van der Waals surface area contributed by atoms with E-state index in [4.69, 9.17) is 16.3 Å². The first kappa shape index (κ1) is 19.3. The minimum absolute atomic E-state index is 0.134. The molecule has 0 spiro atoms. The van der Waals surface area contributed by atoms with Crippen LogP contribution >= 0.6 is 11.6 Å². The van der Waals surface area contributed by atoms with E-state index in [0.29, 0.717) is 16.3 Å². The summed E-state index contributed by atoms with van der Waals surface area (Å²) in [6.07, 6.45) is 1.29. The Morgan fingerprint density at radius 2 is 1.84 bits per heavy atom. The van der Waals surface area contributed by atoms with Crippen molar-refractivity contribution in [3.63, 3.8) is 0 Å². The highest BCUT2D eigenvalue weighted by Crippen LogP contribution is 2.23. The van der Waals surface area contributed by atoms with Gasteiger partial charge in [0.15, 0.2) is 9.84 Å². The summed E-state index contributed by atoms with van der Waals surface area (Å²) in [4.78, 5) is 12.5. The standard InChI is InChI=1S/C18H20ClNO4S/c1-12(13-4-7-16(8-5-13)25(3,22)23)20-18(21)11-14-10-15(19)6-9-17(14)24-2/h4-10,12H,11H2,1-3H3,(H,20,21). The number of benzene rings is 2. The van der Waals surface area contributed by atoms with Crippen molar-refractivity contribution in [3.8, 4) is 5.75 Å². The molecule has 1 unspecified atom stereocenters. The van der Waals surface area contributed by atoms with E-state index in [-0.39, 0.29) is 23.3 Å². The molecule has 0 saturated heterocycles. The summed E-state index contributed by atoms with van der Waals surface area (Å²) in [6.45, 7) is 1.84. The highest BCUT2D eigenvalue weighted by atomic mass is 35.5. The fourth-order valence-corrected chi connectivity index (χ4v) is 3.26. The molecule has 2 aromatic rings. The third-order valence-corrected chi connectivity index (χ3v) is 5.14. The molecule has 0 aliphatic heterocycles. The molecule has 134 valence electrons. The van der Waals surface area contributed by atoms with E-state index in [1.165, 1.54) is 19.2 Å². The lowest BCUT2D eigenvalue weighted by atomic mass is 10.1. The molecule has 0 aromatic heterocycles. The molecule has 0 aliphatic carbocycles. The van der Waals surface area contributed by atoms with Gasteiger partial charge in [-0.3, -0.25) is 4.79 Å². The predicted molar refractivity (Wildman–Crippen MR) is 97.8 cm³/mol. The number of sulfone groups is 1. The molecule has 2 rings (SSSR count). The lowest BCUT2D eigenvalue weighted by Gasteiger charge is -2.16. The Labute approximate surface area is 152 Å². The number of halogens is 1. The van der Waals surface area contributed by atoms with Gasteiger partial charge < -0.3 is 10.1 Å². The maximum absolute atomic E-state index is 12.3. The van der Waals surface area contributed by atoms with Crippen LogP contribution in [0, 0.1) is 0 Å². The number of carbonyl (C=O) groups excluding carboxylic acids is 1. The van der Waals surface area contributed by atoms with Crippen LogP contribution in [0.15, 0.2) is 47.4 Å². The van der Waals surface area contributed by atoms with E-state index in [0.717, 1.165) is 11.8 Å². The summed E-state index contributed by atoms with van der Waals surface area (Å²) in [5.41, 5.74) is 1.52. The summed E-state index contributed by atoms with van der Waals surface area (Å²) in [6, 6.07) is 11.3. The van der Waals surface area contributed by atoms with Crippen molar-refractivity contribution in [3.05, 3.63) is 58.6 Å². The molecule has 1 N–H and O–H groups in total. The van der Waals surface area contributed by atoms with Crippen molar-refractivity contribution in [1.29, 1.82) is 0 Å². The van der Waals surface area contributed by atoms with Gasteiger partial charge in [-0.15, -0.1) is 0 Å². The van der Waals surface area contributed by atoms with Crippen molar-refractivity contribution >= 4 is 27.3 Å². The SMILES string of the molecule is COc1ccc(Cl)cc1CC(=O)NC(C)c1ccc(S(C)(=O)=O)cc1. The van der Waals surface area contributed by atoms with Crippen molar-refractivity contribution in [2.24, 2.45) is 0 Å². The molecule has 25 heavy (non-hydrogen) atoms. The summed E-state index contributed by atoms with van der Waals surface area (Å²) in [5.74, 6) is 0.421. The minimum Gasteiger partial charge on any atom is -0.496 e. The average Bonchev–Trinajstić information content (AvgIpc) is 2.54. The number of amides is 1. The molecular weight excluding hydrogens is 362 g/mol. The van der Waals surface area contributed by atoms with Gasteiger partial charge in [-0.05, 0) is 42.8 Å². The summed E-state index contributed by atoms with van der Waals surface area (Å²) < 4.78 is 28.2. The molecular formula is C18H20ClNO4S. The van der Waals surface area contributed by atoms with Crippen LogP contribution in [0.4, 0.5) is 0 Å². The van der Waals surface area contributed by atoms with Gasteiger partial charge in [-0.2, -0.15) is 0 Å². The Balaban J connectivity index is 2.06. The highest BCUT2D eigenvalue weighted by Gasteiger charge is 2.14. The topological polar surface area (TPSA) is 72.5 Å². The number of methoxy groups -OCH3 is 1. The lowest BCUT2D eigenvalue weighted by molar-refractivity contribution is -0.121. The molecule has 0 aliphatic rings. The average molecular weight is 382 g/mol. The molecule has 0 fully saturated rings.